The standard InChI is InChI=1S/C12H10Ge.2C11H8F.2ClH.Zr/c1-3-7-11(8-4-1)13-12-9-5-2-6-10-12;2*12-11-7-3-6-10(8-11)9-4-1-2-5-9;;;/h1-10H;2*1,3-4,6-8H,2H2;2*1H;/q;2*-1;;;+2/p-2. The van der Waals surface area contributed by atoms with Crippen molar-refractivity contribution in [3.8, 4) is 0 Å². The molecule has 40 heavy (non-hydrogen) atoms. The van der Waals surface area contributed by atoms with Gasteiger partial charge in [-0.1, -0.05) is 37.1 Å². The molecule has 0 unspecified atom stereocenters. The molecule has 0 saturated carbocycles. The summed E-state index contributed by atoms with van der Waals surface area (Å²) in [5, 5.41) is 0. The summed E-state index contributed by atoms with van der Waals surface area (Å²) in [6.45, 7) is 0. The number of halogens is 4. The van der Waals surface area contributed by atoms with Gasteiger partial charge in [0.25, 0.3) is 0 Å². The van der Waals surface area contributed by atoms with Crippen LogP contribution in [-0.2, 0) is 21.6 Å². The molecular weight excluding hydrogens is 681 g/mol. The van der Waals surface area contributed by atoms with Gasteiger partial charge in [0.15, 0.2) is 0 Å². The first-order valence-electron chi connectivity index (χ1n) is 12.4. The van der Waals surface area contributed by atoms with Gasteiger partial charge in [-0.2, -0.15) is 35.5 Å². The maximum absolute atomic E-state index is 12.8. The molecule has 0 spiro atoms. The van der Waals surface area contributed by atoms with Crippen LogP contribution < -0.4 is 33.6 Å². The Balaban J connectivity index is 0.000000206. The third-order valence-corrected chi connectivity index (χ3v) is 17.0. The molecule has 0 saturated heterocycles. The van der Waals surface area contributed by atoms with Gasteiger partial charge in [0, 0.05) is 0 Å². The first kappa shape index (κ1) is 33.9. The van der Waals surface area contributed by atoms with Crippen LogP contribution >= 0.6 is 0 Å². The molecule has 0 aromatic heterocycles. The molecule has 0 fully saturated rings. The van der Waals surface area contributed by atoms with Gasteiger partial charge in [0.05, 0.1) is 0 Å². The molecule has 6 heteroatoms. The molecule has 0 atom stereocenters. The first-order valence-corrected chi connectivity index (χ1v) is 21.9. The normalized spacial score (nSPS) is 12.4. The van der Waals surface area contributed by atoms with Gasteiger partial charge in [0.1, 0.15) is 11.6 Å². The van der Waals surface area contributed by atoms with Crippen molar-refractivity contribution < 1.29 is 55.2 Å². The molecule has 0 bridgehead atoms. The van der Waals surface area contributed by atoms with Gasteiger partial charge in [-0.05, 0) is 12.1 Å². The minimum absolute atomic E-state index is 0. The van der Waals surface area contributed by atoms with Crippen LogP contribution in [-0.4, -0.2) is 9.98 Å². The molecular formula is C34H26Cl2F2GeZr-2. The zero-order valence-electron chi connectivity index (χ0n) is 21.6. The number of hydrogen-bond donors (Lipinski definition) is 0. The topological polar surface area (TPSA) is 0 Å². The van der Waals surface area contributed by atoms with E-state index in [0.717, 1.165) is 35.1 Å². The number of allylic oxidation sites excluding steroid dienone is 8. The minimum atomic E-state index is -1.11. The average Bonchev–Trinajstić information content (AvgIpc) is 3.70. The van der Waals surface area contributed by atoms with Crippen molar-refractivity contribution >= 4 is 29.9 Å². The predicted molar refractivity (Wildman–Crippen MR) is 152 cm³/mol. The van der Waals surface area contributed by atoms with Gasteiger partial charge in [-0.15, -0.1) is 35.4 Å². The first-order chi connectivity index (χ1) is 18.6. The van der Waals surface area contributed by atoms with E-state index in [9.17, 15) is 8.78 Å². The molecule has 6 rings (SSSR count). The second kappa shape index (κ2) is 18.2. The Morgan fingerprint density at radius 3 is 1.27 bits per heavy atom. The Labute approximate surface area is 264 Å². The Bertz CT molecular complexity index is 1380. The van der Waals surface area contributed by atoms with E-state index in [1.54, 1.807) is 42.5 Å². The third-order valence-electron chi connectivity index (χ3n) is 5.79. The van der Waals surface area contributed by atoms with Crippen LogP contribution in [0.15, 0.2) is 133 Å². The van der Waals surface area contributed by atoms with Gasteiger partial charge in [0.2, 0.25) is 0 Å². The molecule has 4 aromatic rings. The molecule has 2 aliphatic carbocycles. The van der Waals surface area contributed by atoms with Crippen LogP contribution in [0.25, 0.3) is 11.1 Å². The van der Waals surface area contributed by atoms with Crippen LogP contribution in [0.3, 0.4) is 0 Å². The van der Waals surface area contributed by atoms with Gasteiger partial charge in [-0.3, -0.25) is 0 Å². The number of hydrogen-bond acceptors (Lipinski definition) is 0. The SMILES string of the molecule is Fc1cccc(C2=[C-]CC=C2)c1.Fc1cccc(C2=[C-]CC=C2)c1.[Cl-].[Cl-].[Zr+2]=[Ge]([c]1ccccc1)[c]1ccccc1. The van der Waals surface area contributed by atoms with Crippen molar-refractivity contribution in [2.75, 3.05) is 0 Å². The second-order valence-corrected chi connectivity index (χ2v) is 18.9. The Morgan fingerprint density at radius 1 is 0.550 bits per heavy atom. The summed E-state index contributed by atoms with van der Waals surface area (Å²) < 4.78 is 28.7. The van der Waals surface area contributed by atoms with E-state index in [0.29, 0.717) is 0 Å². The van der Waals surface area contributed by atoms with Crippen LogP contribution in [0.4, 0.5) is 8.78 Å². The molecule has 0 amide bonds. The van der Waals surface area contributed by atoms with Crippen molar-refractivity contribution in [3.05, 3.63) is 168 Å². The van der Waals surface area contributed by atoms with Crippen molar-refractivity contribution in [2.45, 2.75) is 12.8 Å². The zero-order chi connectivity index (χ0) is 26.6. The second-order valence-electron chi connectivity index (χ2n) is 8.52. The molecule has 0 heterocycles. The maximum atomic E-state index is 12.8. The van der Waals surface area contributed by atoms with Gasteiger partial charge < -0.3 is 24.8 Å². The summed E-state index contributed by atoms with van der Waals surface area (Å²) in [7, 11) is -1.11. The molecule has 0 aliphatic heterocycles. The quantitative estimate of drug-likeness (QED) is 0.222. The van der Waals surface area contributed by atoms with E-state index in [1.165, 1.54) is 24.3 Å². The fraction of sp³-hybridized carbons (Fsp3) is 0.0588. The summed E-state index contributed by atoms with van der Waals surface area (Å²) in [4.78, 5) is 0. The van der Waals surface area contributed by atoms with E-state index in [-0.39, 0.29) is 36.4 Å². The summed E-state index contributed by atoms with van der Waals surface area (Å²) in [6, 6.07) is 35.0. The van der Waals surface area contributed by atoms with Crippen LogP contribution in [0.1, 0.15) is 24.0 Å². The van der Waals surface area contributed by atoms with Crippen LogP contribution in [0, 0.1) is 23.8 Å². The predicted octanol–water partition coefficient (Wildman–Crippen LogP) is 1.29. The number of benzene rings is 4. The van der Waals surface area contributed by atoms with E-state index in [4.69, 9.17) is 0 Å². The Kier molecular flexibility index (Phi) is 15.4. The van der Waals surface area contributed by atoms with Crippen molar-refractivity contribution in [3.63, 3.8) is 0 Å². The fourth-order valence-corrected chi connectivity index (χ4v) is 11.1. The summed E-state index contributed by atoms with van der Waals surface area (Å²) in [5.74, 6) is -0.385. The molecule has 200 valence electrons. The Hall–Kier alpha value is -2.29. The van der Waals surface area contributed by atoms with E-state index in [1.807, 2.05) is 36.4 Å². The monoisotopic (exact) mass is 706 g/mol. The molecule has 4 aromatic carbocycles. The summed E-state index contributed by atoms with van der Waals surface area (Å²) >= 11 is 1.71. The van der Waals surface area contributed by atoms with Crippen molar-refractivity contribution in [1.29, 1.82) is 0 Å². The zero-order valence-corrected chi connectivity index (χ0v) is 27.7. The van der Waals surface area contributed by atoms with E-state index >= 15 is 0 Å². The summed E-state index contributed by atoms with van der Waals surface area (Å²) in [6.07, 6.45) is 15.9. The van der Waals surface area contributed by atoms with Crippen LogP contribution in [0.5, 0.6) is 0 Å². The number of rotatable bonds is 4. The molecule has 2 aliphatic rings. The molecule has 0 nitrogen and oxygen atoms in total. The fourth-order valence-electron chi connectivity index (χ4n) is 3.89. The van der Waals surface area contributed by atoms with E-state index < -0.39 is 9.98 Å². The van der Waals surface area contributed by atoms with Crippen LogP contribution in [0.2, 0.25) is 0 Å². The van der Waals surface area contributed by atoms with Crippen molar-refractivity contribution in [2.24, 2.45) is 0 Å². The van der Waals surface area contributed by atoms with Gasteiger partial charge in [-0.25, -0.2) is 8.78 Å². The Morgan fingerprint density at radius 2 is 0.950 bits per heavy atom. The van der Waals surface area contributed by atoms with Crippen molar-refractivity contribution in [1.82, 2.24) is 0 Å². The van der Waals surface area contributed by atoms with E-state index in [2.05, 4.69) is 72.8 Å². The van der Waals surface area contributed by atoms with Gasteiger partial charge >= 0.3 is 101 Å². The molecule has 0 N–H and O–H groups in total. The third kappa shape index (κ3) is 10.6. The summed E-state index contributed by atoms with van der Waals surface area (Å²) in [5.41, 5.74) is 3.80. The average molecular weight is 707 g/mol. The molecule has 0 radical (unpaired) electrons.